The lowest BCUT2D eigenvalue weighted by atomic mass is 10.0. The summed E-state index contributed by atoms with van der Waals surface area (Å²) in [7, 11) is 0. The number of carbonyl (C=O) groups excluding carboxylic acids is 2. The molecule has 0 spiro atoms. The van der Waals surface area contributed by atoms with Crippen LogP contribution in [0.4, 0.5) is 0 Å². The number of nitrogens with zero attached hydrogens (tertiary/aromatic N) is 6. The highest BCUT2D eigenvalue weighted by Crippen LogP contribution is 2.31. The zero-order valence-electron chi connectivity index (χ0n) is 18.1. The molecule has 1 fully saturated rings. The maximum atomic E-state index is 12.9. The zero-order valence-corrected chi connectivity index (χ0v) is 18.1. The third-order valence-corrected chi connectivity index (χ3v) is 6.34. The lowest BCUT2D eigenvalue weighted by Gasteiger charge is -2.35. The van der Waals surface area contributed by atoms with Gasteiger partial charge in [0.05, 0.1) is 18.2 Å². The van der Waals surface area contributed by atoms with Crippen LogP contribution in [0.1, 0.15) is 67.3 Å². The van der Waals surface area contributed by atoms with Crippen LogP contribution in [0.15, 0.2) is 4.52 Å². The van der Waals surface area contributed by atoms with Crippen molar-refractivity contribution >= 4 is 11.8 Å². The summed E-state index contributed by atoms with van der Waals surface area (Å²) in [5.74, 6) is 2.71. The van der Waals surface area contributed by atoms with Gasteiger partial charge in [0, 0.05) is 44.6 Å². The maximum absolute atomic E-state index is 12.9. The largest absolute Gasteiger partial charge is 0.361 e. The van der Waals surface area contributed by atoms with Crippen molar-refractivity contribution in [2.24, 2.45) is 0 Å². The van der Waals surface area contributed by atoms with Crippen LogP contribution in [0.25, 0.3) is 0 Å². The molecule has 2 aromatic heterocycles. The zero-order chi connectivity index (χ0) is 21.3. The summed E-state index contributed by atoms with van der Waals surface area (Å²) in [6, 6.07) is -0.0167. The normalized spacial score (nSPS) is 19.5. The predicted molar refractivity (Wildman–Crippen MR) is 109 cm³/mol. The van der Waals surface area contributed by atoms with Gasteiger partial charge >= 0.3 is 0 Å². The Balaban J connectivity index is 1.49. The summed E-state index contributed by atoms with van der Waals surface area (Å²) in [6.07, 6.45) is 4.50. The van der Waals surface area contributed by atoms with Crippen LogP contribution >= 0.6 is 0 Å². The summed E-state index contributed by atoms with van der Waals surface area (Å²) >= 11 is 0. The van der Waals surface area contributed by atoms with E-state index in [1.807, 2.05) is 30.6 Å². The van der Waals surface area contributed by atoms with Crippen molar-refractivity contribution in [1.82, 2.24) is 29.7 Å². The van der Waals surface area contributed by atoms with Crippen LogP contribution in [-0.4, -0.2) is 61.2 Å². The molecule has 2 aliphatic rings. The molecule has 1 unspecified atom stereocenters. The molecule has 0 aliphatic carbocycles. The van der Waals surface area contributed by atoms with Crippen LogP contribution in [0.3, 0.4) is 0 Å². The second-order valence-corrected chi connectivity index (χ2v) is 8.19. The first-order valence-electron chi connectivity index (χ1n) is 10.9. The number of fused-ring (bicyclic) bond motifs is 1. The van der Waals surface area contributed by atoms with E-state index in [0.29, 0.717) is 44.7 Å². The van der Waals surface area contributed by atoms with E-state index in [-0.39, 0.29) is 17.9 Å². The SMILES string of the molecule is CCC(=O)N1CCCCC1c1nnc2n1CCN(C(=O)Cc1c(C)noc1C)CC2. The number of aryl methyl sites for hydroxylation is 2. The lowest BCUT2D eigenvalue weighted by Crippen LogP contribution is -2.39. The highest BCUT2D eigenvalue weighted by molar-refractivity contribution is 5.79. The summed E-state index contributed by atoms with van der Waals surface area (Å²) < 4.78 is 7.33. The van der Waals surface area contributed by atoms with Gasteiger partial charge in [-0.05, 0) is 33.1 Å². The van der Waals surface area contributed by atoms with Crippen molar-refractivity contribution in [3.8, 4) is 0 Å². The smallest absolute Gasteiger partial charge is 0.227 e. The van der Waals surface area contributed by atoms with Crippen molar-refractivity contribution < 1.29 is 14.1 Å². The van der Waals surface area contributed by atoms with Crippen LogP contribution in [0.2, 0.25) is 0 Å². The number of aromatic nitrogens is 4. The van der Waals surface area contributed by atoms with Crippen molar-refractivity contribution in [3.05, 3.63) is 28.7 Å². The molecular weight excluding hydrogens is 384 g/mol. The van der Waals surface area contributed by atoms with E-state index in [1.54, 1.807) is 0 Å². The van der Waals surface area contributed by atoms with Crippen LogP contribution in [-0.2, 0) is 29.0 Å². The molecule has 2 amide bonds. The average molecular weight is 415 g/mol. The van der Waals surface area contributed by atoms with E-state index >= 15 is 0 Å². The second kappa shape index (κ2) is 8.57. The van der Waals surface area contributed by atoms with E-state index in [0.717, 1.165) is 48.7 Å². The summed E-state index contributed by atoms with van der Waals surface area (Å²) in [5.41, 5.74) is 1.65. The molecular formula is C21H30N6O3. The van der Waals surface area contributed by atoms with Gasteiger partial charge in [0.25, 0.3) is 0 Å². The first kappa shape index (κ1) is 20.6. The molecule has 1 saturated heterocycles. The fraction of sp³-hybridized carbons (Fsp3) is 0.667. The summed E-state index contributed by atoms with van der Waals surface area (Å²) in [5, 5.41) is 12.8. The minimum atomic E-state index is -0.0167. The van der Waals surface area contributed by atoms with Crippen LogP contribution in [0.5, 0.6) is 0 Å². The predicted octanol–water partition coefficient (Wildman–Crippen LogP) is 1.97. The van der Waals surface area contributed by atoms with Crippen molar-refractivity contribution in [2.45, 2.75) is 71.9 Å². The highest BCUT2D eigenvalue weighted by atomic mass is 16.5. The number of rotatable bonds is 4. The van der Waals surface area contributed by atoms with Gasteiger partial charge in [-0.3, -0.25) is 9.59 Å². The second-order valence-electron chi connectivity index (χ2n) is 8.19. The molecule has 0 aromatic carbocycles. The van der Waals surface area contributed by atoms with E-state index in [9.17, 15) is 9.59 Å². The van der Waals surface area contributed by atoms with Gasteiger partial charge in [0.15, 0.2) is 5.82 Å². The van der Waals surface area contributed by atoms with E-state index in [4.69, 9.17) is 4.52 Å². The molecule has 162 valence electrons. The monoisotopic (exact) mass is 414 g/mol. The molecule has 4 heterocycles. The molecule has 4 rings (SSSR count). The molecule has 2 aromatic rings. The molecule has 2 aliphatic heterocycles. The third-order valence-electron chi connectivity index (χ3n) is 6.34. The Kier molecular flexibility index (Phi) is 5.87. The first-order valence-corrected chi connectivity index (χ1v) is 10.9. The van der Waals surface area contributed by atoms with Gasteiger partial charge in [-0.2, -0.15) is 0 Å². The maximum Gasteiger partial charge on any atom is 0.227 e. The average Bonchev–Trinajstić information content (AvgIpc) is 3.22. The Hall–Kier alpha value is -2.71. The van der Waals surface area contributed by atoms with E-state index in [2.05, 4.69) is 19.9 Å². The van der Waals surface area contributed by atoms with E-state index < -0.39 is 0 Å². The third kappa shape index (κ3) is 3.85. The summed E-state index contributed by atoms with van der Waals surface area (Å²) in [6.45, 7) is 8.25. The Labute approximate surface area is 176 Å². The first-order chi connectivity index (χ1) is 14.5. The summed E-state index contributed by atoms with van der Waals surface area (Å²) in [4.78, 5) is 29.2. The van der Waals surface area contributed by atoms with Gasteiger partial charge in [0.2, 0.25) is 11.8 Å². The number of hydrogen-bond acceptors (Lipinski definition) is 6. The Morgan fingerprint density at radius 2 is 1.90 bits per heavy atom. The number of piperidine rings is 1. The highest BCUT2D eigenvalue weighted by Gasteiger charge is 2.33. The topological polar surface area (TPSA) is 97.4 Å². The van der Waals surface area contributed by atoms with Gasteiger partial charge in [-0.25, -0.2) is 0 Å². The lowest BCUT2D eigenvalue weighted by molar-refractivity contribution is -0.135. The van der Waals surface area contributed by atoms with Crippen molar-refractivity contribution in [1.29, 1.82) is 0 Å². The van der Waals surface area contributed by atoms with Crippen molar-refractivity contribution in [2.75, 3.05) is 19.6 Å². The number of likely N-dealkylation sites (tertiary alicyclic amines) is 1. The quantitative estimate of drug-likeness (QED) is 0.759. The molecule has 0 saturated carbocycles. The fourth-order valence-electron chi connectivity index (χ4n) is 4.56. The minimum Gasteiger partial charge on any atom is -0.361 e. The molecule has 0 N–H and O–H groups in total. The number of carbonyl (C=O) groups is 2. The van der Waals surface area contributed by atoms with Gasteiger partial charge in [-0.1, -0.05) is 12.1 Å². The molecule has 0 bridgehead atoms. The van der Waals surface area contributed by atoms with Gasteiger partial charge in [0.1, 0.15) is 11.6 Å². The molecule has 9 nitrogen and oxygen atoms in total. The van der Waals surface area contributed by atoms with Crippen LogP contribution in [0, 0.1) is 13.8 Å². The van der Waals surface area contributed by atoms with E-state index in [1.165, 1.54) is 0 Å². The fourth-order valence-corrected chi connectivity index (χ4v) is 4.56. The van der Waals surface area contributed by atoms with Crippen molar-refractivity contribution in [3.63, 3.8) is 0 Å². The number of amides is 2. The standard InChI is InChI=1S/C21H30N6O3/c1-4-19(28)26-9-6-5-7-17(26)21-23-22-18-8-10-25(11-12-27(18)21)20(29)13-16-14(2)24-30-15(16)3/h17H,4-13H2,1-3H3. The minimum absolute atomic E-state index is 0.0167. The Morgan fingerprint density at radius 1 is 1.07 bits per heavy atom. The Morgan fingerprint density at radius 3 is 2.63 bits per heavy atom. The molecule has 9 heteroatoms. The van der Waals surface area contributed by atoms with Gasteiger partial charge < -0.3 is 18.9 Å². The van der Waals surface area contributed by atoms with Gasteiger partial charge in [-0.15, -0.1) is 10.2 Å². The molecule has 0 radical (unpaired) electrons. The molecule has 30 heavy (non-hydrogen) atoms. The molecule has 1 atom stereocenters. The van der Waals surface area contributed by atoms with Crippen LogP contribution < -0.4 is 0 Å². The Bertz CT molecular complexity index is 914. The number of hydrogen-bond donors (Lipinski definition) is 0.